The first-order valence-corrected chi connectivity index (χ1v) is 6.07. The molecule has 106 valence electrons. The molecule has 0 N–H and O–H groups in total. The SMILES string of the molecule is CCC(F)(F)COc1cc(C)c(N=COC)cc1C. The summed E-state index contributed by atoms with van der Waals surface area (Å²) in [4.78, 5) is 4.10. The normalized spacial score (nSPS) is 11.9. The van der Waals surface area contributed by atoms with Crippen molar-refractivity contribution in [3.05, 3.63) is 23.3 Å². The Kier molecular flexibility index (Phi) is 5.27. The van der Waals surface area contributed by atoms with Crippen molar-refractivity contribution < 1.29 is 18.3 Å². The van der Waals surface area contributed by atoms with Gasteiger partial charge in [-0.15, -0.1) is 0 Å². The van der Waals surface area contributed by atoms with Crippen molar-refractivity contribution in [3.63, 3.8) is 0 Å². The second-order valence-electron chi connectivity index (χ2n) is 4.37. The van der Waals surface area contributed by atoms with E-state index in [1.54, 1.807) is 19.1 Å². The Balaban J connectivity index is 2.87. The lowest BCUT2D eigenvalue weighted by molar-refractivity contribution is -0.0437. The Morgan fingerprint density at radius 1 is 1.26 bits per heavy atom. The summed E-state index contributed by atoms with van der Waals surface area (Å²) in [5.74, 6) is -2.34. The molecule has 0 amide bonds. The summed E-state index contributed by atoms with van der Waals surface area (Å²) in [5.41, 5.74) is 2.34. The maximum atomic E-state index is 13.2. The molecule has 0 unspecified atom stereocenters. The molecule has 0 heterocycles. The molecule has 0 fully saturated rings. The van der Waals surface area contributed by atoms with E-state index in [-0.39, 0.29) is 6.42 Å². The number of nitrogens with zero attached hydrogens (tertiary/aromatic N) is 1. The average Bonchev–Trinajstić information content (AvgIpc) is 2.37. The molecule has 0 bridgehead atoms. The second kappa shape index (κ2) is 6.50. The van der Waals surface area contributed by atoms with E-state index in [2.05, 4.69) is 4.99 Å². The van der Waals surface area contributed by atoms with Gasteiger partial charge in [0.2, 0.25) is 0 Å². The van der Waals surface area contributed by atoms with Crippen LogP contribution in [0.5, 0.6) is 5.75 Å². The zero-order chi connectivity index (χ0) is 14.5. The lowest BCUT2D eigenvalue weighted by atomic mass is 10.1. The maximum absolute atomic E-state index is 13.2. The molecular formula is C14H19F2NO2. The fourth-order valence-corrected chi connectivity index (χ4v) is 1.46. The summed E-state index contributed by atoms with van der Waals surface area (Å²) < 4.78 is 36.3. The van der Waals surface area contributed by atoms with Crippen LogP contribution >= 0.6 is 0 Å². The number of rotatable bonds is 6. The third-order valence-electron chi connectivity index (χ3n) is 2.75. The molecular weight excluding hydrogens is 252 g/mol. The highest BCUT2D eigenvalue weighted by Gasteiger charge is 2.27. The third-order valence-corrected chi connectivity index (χ3v) is 2.75. The van der Waals surface area contributed by atoms with Crippen LogP contribution in [-0.2, 0) is 4.74 Å². The number of hydrogen-bond donors (Lipinski definition) is 0. The number of hydrogen-bond acceptors (Lipinski definition) is 3. The largest absolute Gasteiger partial charge is 0.487 e. The first-order chi connectivity index (χ1) is 8.89. The van der Waals surface area contributed by atoms with Gasteiger partial charge < -0.3 is 9.47 Å². The van der Waals surface area contributed by atoms with Gasteiger partial charge in [-0.25, -0.2) is 13.8 Å². The van der Waals surface area contributed by atoms with Crippen LogP contribution in [-0.4, -0.2) is 26.0 Å². The van der Waals surface area contributed by atoms with E-state index in [4.69, 9.17) is 9.47 Å². The molecule has 0 radical (unpaired) electrons. The van der Waals surface area contributed by atoms with Crippen molar-refractivity contribution >= 4 is 12.1 Å². The molecule has 0 aliphatic carbocycles. The molecule has 5 heteroatoms. The lowest BCUT2D eigenvalue weighted by Gasteiger charge is -2.17. The Morgan fingerprint density at radius 2 is 1.95 bits per heavy atom. The van der Waals surface area contributed by atoms with Gasteiger partial charge in [-0.3, -0.25) is 0 Å². The van der Waals surface area contributed by atoms with E-state index in [1.807, 2.05) is 6.92 Å². The van der Waals surface area contributed by atoms with Crippen LogP contribution in [0.1, 0.15) is 24.5 Å². The van der Waals surface area contributed by atoms with Gasteiger partial charge in [-0.05, 0) is 37.1 Å². The topological polar surface area (TPSA) is 30.8 Å². The van der Waals surface area contributed by atoms with E-state index in [9.17, 15) is 8.78 Å². The summed E-state index contributed by atoms with van der Waals surface area (Å²) in [6, 6.07) is 3.49. The van der Waals surface area contributed by atoms with Crippen LogP contribution < -0.4 is 4.74 Å². The van der Waals surface area contributed by atoms with Gasteiger partial charge in [-0.1, -0.05) is 6.92 Å². The van der Waals surface area contributed by atoms with Gasteiger partial charge in [0.1, 0.15) is 5.75 Å². The molecule has 0 aromatic heterocycles. The summed E-state index contributed by atoms with van der Waals surface area (Å²) in [7, 11) is 1.51. The number of aryl methyl sites for hydroxylation is 2. The average molecular weight is 271 g/mol. The predicted molar refractivity (Wildman–Crippen MR) is 71.8 cm³/mol. The highest BCUT2D eigenvalue weighted by molar-refractivity contribution is 5.61. The van der Waals surface area contributed by atoms with Gasteiger partial charge in [0, 0.05) is 6.42 Å². The van der Waals surface area contributed by atoms with E-state index >= 15 is 0 Å². The lowest BCUT2D eigenvalue weighted by Crippen LogP contribution is -2.24. The van der Waals surface area contributed by atoms with Crippen molar-refractivity contribution in [1.29, 1.82) is 0 Å². The first kappa shape index (κ1) is 15.4. The van der Waals surface area contributed by atoms with Gasteiger partial charge in [0.15, 0.2) is 13.0 Å². The van der Waals surface area contributed by atoms with Gasteiger partial charge in [0.05, 0.1) is 12.8 Å². The predicted octanol–water partition coefficient (Wildman–Crippen LogP) is 4.03. The molecule has 0 atom stereocenters. The van der Waals surface area contributed by atoms with E-state index in [1.165, 1.54) is 20.4 Å². The van der Waals surface area contributed by atoms with E-state index < -0.39 is 12.5 Å². The fraction of sp³-hybridized carbons (Fsp3) is 0.500. The highest BCUT2D eigenvalue weighted by Crippen LogP contribution is 2.29. The Morgan fingerprint density at radius 3 is 2.53 bits per heavy atom. The number of benzene rings is 1. The first-order valence-electron chi connectivity index (χ1n) is 6.07. The Bertz CT molecular complexity index is 459. The number of halogens is 2. The molecule has 0 saturated heterocycles. The van der Waals surface area contributed by atoms with Crippen LogP contribution in [0, 0.1) is 13.8 Å². The van der Waals surface area contributed by atoms with Gasteiger partial charge >= 0.3 is 0 Å². The highest BCUT2D eigenvalue weighted by atomic mass is 19.3. The zero-order valence-electron chi connectivity index (χ0n) is 11.7. The van der Waals surface area contributed by atoms with E-state index in [0.717, 1.165) is 16.8 Å². The molecule has 19 heavy (non-hydrogen) atoms. The molecule has 3 nitrogen and oxygen atoms in total. The van der Waals surface area contributed by atoms with Crippen molar-refractivity contribution in [3.8, 4) is 5.75 Å². The molecule has 0 aliphatic heterocycles. The van der Waals surface area contributed by atoms with Crippen molar-refractivity contribution in [2.75, 3.05) is 13.7 Å². The summed E-state index contributed by atoms with van der Waals surface area (Å²) in [6.45, 7) is 4.46. The minimum atomic E-state index is -2.80. The summed E-state index contributed by atoms with van der Waals surface area (Å²) >= 11 is 0. The van der Waals surface area contributed by atoms with Crippen molar-refractivity contribution in [1.82, 2.24) is 0 Å². The van der Waals surface area contributed by atoms with Gasteiger partial charge in [-0.2, -0.15) is 0 Å². The smallest absolute Gasteiger partial charge is 0.281 e. The summed E-state index contributed by atoms with van der Waals surface area (Å²) in [6.07, 6.45) is 1.09. The fourth-order valence-electron chi connectivity index (χ4n) is 1.46. The minimum Gasteiger partial charge on any atom is -0.487 e. The number of alkyl halides is 2. The molecule has 0 aliphatic rings. The quantitative estimate of drug-likeness (QED) is 0.577. The molecule has 0 saturated carbocycles. The summed E-state index contributed by atoms with van der Waals surface area (Å²) in [5, 5.41) is 0. The second-order valence-corrected chi connectivity index (χ2v) is 4.37. The monoisotopic (exact) mass is 271 g/mol. The standard InChI is InChI=1S/C14H19F2NO2/c1-5-14(15,16)8-19-13-7-10(2)12(6-11(13)3)17-9-18-4/h6-7,9H,5,8H2,1-4H3. The number of ether oxygens (including phenoxy) is 2. The van der Waals surface area contributed by atoms with Crippen LogP contribution in [0.3, 0.4) is 0 Å². The minimum absolute atomic E-state index is 0.235. The number of methoxy groups -OCH3 is 1. The maximum Gasteiger partial charge on any atom is 0.281 e. The molecule has 0 spiro atoms. The third kappa shape index (κ3) is 4.50. The molecule has 1 aromatic carbocycles. The van der Waals surface area contributed by atoms with Crippen LogP contribution in [0.4, 0.5) is 14.5 Å². The zero-order valence-corrected chi connectivity index (χ0v) is 11.7. The number of aliphatic imine (C=N–C) groups is 1. The Hall–Kier alpha value is -1.65. The molecule has 1 rings (SSSR count). The van der Waals surface area contributed by atoms with E-state index in [0.29, 0.717) is 5.75 Å². The van der Waals surface area contributed by atoms with Crippen molar-refractivity contribution in [2.45, 2.75) is 33.1 Å². The van der Waals surface area contributed by atoms with Crippen LogP contribution in [0.25, 0.3) is 0 Å². The van der Waals surface area contributed by atoms with Crippen LogP contribution in [0.2, 0.25) is 0 Å². The van der Waals surface area contributed by atoms with Crippen LogP contribution in [0.15, 0.2) is 17.1 Å². The van der Waals surface area contributed by atoms with Crippen molar-refractivity contribution in [2.24, 2.45) is 4.99 Å². The molecule has 1 aromatic rings. The Labute approximate surface area is 112 Å². The van der Waals surface area contributed by atoms with Gasteiger partial charge in [0.25, 0.3) is 5.92 Å².